The summed E-state index contributed by atoms with van der Waals surface area (Å²) in [6.45, 7) is 0. The van der Waals surface area contributed by atoms with Crippen LogP contribution in [0.1, 0.15) is 0 Å². The number of rotatable bonds is 8. The van der Waals surface area contributed by atoms with Gasteiger partial charge in [-0.05, 0) is 105 Å². The van der Waals surface area contributed by atoms with Crippen LogP contribution in [-0.2, 0) is 0 Å². The molecule has 264 valence electrons. The molecule has 2 nitrogen and oxygen atoms in total. The fourth-order valence-corrected chi connectivity index (χ4v) is 8.08. The Morgan fingerprint density at radius 1 is 0.250 bits per heavy atom. The predicted octanol–water partition coefficient (Wildman–Crippen LogP) is 14.9. The summed E-state index contributed by atoms with van der Waals surface area (Å²) in [5, 5.41) is 2.54. The molecule has 0 radical (unpaired) electrons. The van der Waals surface area contributed by atoms with E-state index in [0.717, 1.165) is 22.7 Å². The lowest BCUT2D eigenvalue weighted by Gasteiger charge is -2.26. The largest absolute Gasteiger partial charge is 0.311 e. The first-order chi connectivity index (χ1) is 27.8. The molecule has 1 aromatic heterocycles. The highest BCUT2D eigenvalue weighted by atomic mass is 15.1. The molecule has 0 N–H and O–H groups in total. The zero-order valence-corrected chi connectivity index (χ0v) is 30.8. The van der Waals surface area contributed by atoms with E-state index in [1.165, 1.54) is 66.3 Å². The SMILES string of the molecule is c1ccc(-c2ccc(N(c3ccc(-c4ccccc4)cc3)c3ccc(-c4ccccc4-c4ccc(-n5c6ccccc6c6ccccc65)cc4)cc3)cc2)cc1. The molecule has 0 aliphatic rings. The van der Waals surface area contributed by atoms with Crippen molar-refractivity contribution in [1.29, 1.82) is 0 Å². The molecule has 0 atom stereocenters. The highest BCUT2D eigenvalue weighted by Gasteiger charge is 2.16. The number of para-hydroxylation sites is 2. The molecule has 0 saturated carbocycles. The topological polar surface area (TPSA) is 8.17 Å². The van der Waals surface area contributed by atoms with Crippen molar-refractivity contribution in [3.8, 4) is 50.2 Å². The van der Waals surface area contributed by atoms with Gasteiger partial charge in [-0.2, -0.15) is 0 Å². The van der Waals surface area contributed by atoms with Crippen molar-refractivity contribution < 1.29 is 0 Å². The van der Waals surface area contributed by atoms with Crippen LogP contribution in [0.25, 0.3) is 72.0 Å². The maximum Gasteiger partial charge on any atom is 0.0541 e. The Kier molecular flexibility index (Phi) is 8.55. The normalized spacial score (nSPS) is 11.2. The summed E-state index contributed by atoms with van der Waals surface area (Å²) in [5.74, 6) is 0. The van der Waals surface area contributed by atoms with Crippen molar-refractivity contribution >= 4 is 38.9 Å². The molecule has 0 unspecified atom stereocenters. The summed E-state index contributed by atoms with van der Waals surface area (Å²) in [6, 6.07) is 82.9. The minimum Gasteiger partial charge on any atom is -0.311 e. The molecular formula is C54H38N2. The smallest absolute Gasteiger partial charge is 0.0541 e. The van der Waals surface area contributed by atoms with Crippen LogP contribution in [0.4, 0.5) is 17.1 Å². The zero-order chi connectivity index (χ0) is 37.3. The molecule has 2 heteroatoms. The Morgan fingerprint density at radius 3 is 1.00 bits per heavy atom. The van der Waals surface area contributed by atoms with Gasteiger partial charge in [-0.15, -0.1) is 0 Å². The molecule has 0 aliphatic heterocycles. The van der Waals surface area contributed by atoms with Gasteiger partial charge in [0.1, 0.15) is 0 Å². The average Bonchev–Trinajstić information content (AvgIpc) is 3.62. The number of fused-ring (bicyclic) bond motifs is 3. The number of aromatic nitrogens is 1. The lowest BCUT2D eigenvalue weighted by atomic mass is 9.94. The van der Waals surface area contributed by atoms with E-state index in [1.807, 2.05) is 0 Å². The third-order valence-electron chi connectivity index (χ3n) is 10.8. The van der Waals surface area contributed by atoms with Crippen molar-refractivity contribution in [2.24, 2.45) is 0 Å². The van der Waals surface area contributed by atoms with Crippen LogP contribution < -0.4 is 4.90 Å². The van der Waals surface area contributed by atoms with E-state index < -0.39 is 0 Å². The van der Waals surface area contributed by atoms with Gasteiger partial charge in [-0.3, -0.25) is 0 Å². The monoisotopic (exact) mass is 714 g/mol. The van der Waals surface area contributed by atoms with Crippen LogP contribution in [0.3, 0.4) is 0 Å². The van der Waals surface area contributed by atoms with Crippen LogP contribution in [-0.4, -0.2) is 4.57 Å². The van der Waals surface area contributed by atoms with Crippen LogP contribution in [0.5, 0.6) is 0 Å². The van der Waals surface area contributed by atoms with E-state index in [1.54, 1.807) is 0 Å². The van der Waals surface area contributed by atoms with E-state index in [-0.39, 0.29) is 0 Å². The van der Waals surface area contributed by atoms with Crippen molar-refractivity contribution in [2.75, 3.05) is 4.90 Å². The average molecular weight is 715 g/mol. The van der Waals surface area contributed by atoms with Gasteiger partial charge in [0.15, 0.2) is 0 Å². The molecular weight excluding hydrogens is 677 g/mol. The molecule has 56 heavy (non-hydrogen) atoms. The summed E-state index contributed by atoms with van der Waals surface area (Å²) in [6.07, 6.45) is 0. The van der Waals surface area contributed by atoms with Gasteiger partial charge >= 0.3 is 0 Å². The van der Waals surface area contributed by atoms with E-state index in [9.17, 15) is 0 Å². The highest BCUT2D eigenvalue weighted by Crippen LogP contribution is 2.40. The van der Waals surface area contributed by atoms with Crippen LogP contribution in [0.2, 0.25) is 0 Å². The summed E-state index contributed by atoms with van der Waals surface area (Å²) >= 11 is 0. The maximum absolute atomic E-state index is 2.37. The lowest BCUT2D eigenvalue weighted by molar-refractivity contribution is 1.18. The van der Waals surface area contributed by atoms with Crippen LogP contribution in [0, 0.1) is 0 Å². The molecule has 0 fully saturated rings. The molecule has 10 rings (SSSR count). The third-order valence-corrected chi connectivity index (χ3v) is 10.8. The summed E-state index contributed by atoms with van der Waals surface area (Å²) in [4.78, 5) is 2.34. The van der Waals surface area contributed by atoms with Gasteiger partial charge in [0, 0.05) is 33.5 Å². The van der Waals surface area contributed by atoms with Gasteiger partial charge < -0.3 is 9.47 Å². The summed E-state index contributed by atoms with van der Waals surface area (Å²) in [5.41, 5.74) is 16.5. The van der Waals surface area contributed by atoms with E-state index in [2.05, 4.69) is 240 Å². The van der Waals surface area contributed by atoms with Crippen molar-refractivity contribution in [1.82, 2.24) is 4.57 Å². The van der Waals surface area contributed by atoms with E-state index in [0.29, 0.717) is 0 Å². The maximum atomic E-state index is 2.37. The number of anilines is 3. The second-order valence-corrected chi connectivity index (χ2v) is 14.2. The summed E-state index contributed by atoms with van der Waals surface area (Å²) < 4.78 is 2.37. The Labute approximate surface area is 327 Å². The fourth-order valence-electron chi connectivity index (χ4n) is 8.08. The zero-order valence-electron chi connectivity index (χ0n) is 30.8. The Bertz CT molecular complexity index is 2770. The molecule has 0 bridgehead atoms. The third kappa shape index (κ3) is 6.14. The Balaban J connectivity index is 0.994. The summed E-state index contributed by atoms with van der Waals surface area (Å²) in [7, 11) is 0. The number of nitrogens with zero attached hydrogens (tertiary/aromatic N) is 2. The molecule has 10 aromatic rings. The van der Waals surface area contributed by atoms with Crippen molar-refractivity contribution in [3.63, 3.8) is 0 Å². The molecule has 0 aliphatic carbocycles. The first-order valence-corrected chi connectivity index (χ1v) is 19.2. The van der Waals surface area contributed by atoms with Gasteiger partial charge in [0.05, 0.1) is 11.0 Å². The first kappa shape index (κ1) is 33.2. The lowest BCUT2D eigenvalue weighted by Crippen LogP contribution is -2.09. The van der Waals surface area contributed by atoms with Gasteiger partial charge in [-0.1, -0.05) is 170 Å². The second-order valence-electron chi connectivity index (χ2n) is 14.2. The van der Waals surface area contributed by atoms with Gasteiger partial charge in [0.2, 0.25) is 0 Å². The number of hydrogen-bond acceptors (Lipinski definition) is 1. The molecule has 0 spiro atoms. The molecule has 9 aromatic carbocycles. The van der Waals surface area contributed by atoms with E-state index in [4.69, 9.17) is 0 Å². The Morgan fingerprint density at radius 2 is 0.571 bits per heavy atom. The molecule has 1 heterocycles. The predicted molar refractivity (Wildman–Crippen MR) is 237 cm³/mol. The Hall–Kier alpha value is -7.42. The van der Waals surface area contributed by atoms with Crippen LogP contribution >= 0.6 is 0 Å². The minimum atomic E-state index is 1.10. The second kappa shape index (κ2) is 14.4. The van der Waals surface area contributed by atoms with Crippen molar-refractivity contribution in [3.05, 3.63) is 231 Å². The molecule has 0 amide bonds. The standard InChI is InChI=1S/C54H38N2/c1-3-13-39(14-4-1)41-23-31-45(32-24-41)55(46-33-25-42(26-34-46)40-15-5-2-6-16-40)47-35-27-43(28-36-47)49-17-7-8-18-50(49)44-29-37-48(38-30-44)56-53-21-11-9-19-51(53)52-20-10-12-22-54(52)56/h1-38H. The highest BCUT2D eigenvalue weighted by molar-refractivity contribution is 6.09. The number of benzene rings is 9. The van der Waals surface area contributed by atoms with Crippen molar-refractivity contribution in [2.45, 2.75) is 0 Å². The fraction of sp³-hybridized carbons (Fsp3) is 0. The minimum absolute atomic E-state index is 1.10. The van der Waals surface area contributed by atoms with Gasteiger partial charge in [0.25, 0.3) is 0 Å². The van der Waals surface area contributed by atoms with E-state index >= 15 is 0 Å². The number of hydrogen-bond donors (Lipinski definition) is 0. The quantitative estimate of drug-likeness (QED) is 0.152. The molecule has 0 saturated heterocycles. The first-order valence-electron chi connectivity index (χ1n) is 19.2. The van der Waals surface area contributed by atoms with Gasteiger partial charge in [-0.25, -0.2) is 0 Å². The van der Waals surface area contributed by atoms with Crippen LogP contribution in [0.15, 0.2) is 231 Å².